The maximum absolute atomic E-state index is 12.3. The molecule has 1 atom stereocenters. The van der Waals surface area contributed by atoms with E-state index >= 15 is 0 Å². The summed E-state index contributed by atoms with van der Waals surface area (Å²) in [4.78, 5) is 11.3. The van der Waals surface area contributed by atoms with E-state index < -0.39 is 16.0 Å². The van der Waals surface area contributed by atoms with Gasteiger partial charge in [-0.1, -0.05) is 11.6 Å². The minimum atomic E-state index is -3.77. The Morgan fingerprint density at radius 2 is 2.25 bits per heavy atom. The van der Waals surface area contributed by atoms with Gasteiger partial charge in [0.2, 0.25) is 10.0 Å². The molecule has 1 aliphatic rings. The van der Waals surface area contributed by atoms with Crippen molar-refractivity contribution in [3.63, 3.8) is 0 Å². The molecular formula is C12H15ClN2O4S. The van der Waals surface area contributed by atoms with Crippen molar-refractivity contribution in [1.82, 2.24) is 10.0 Å². The summed E-state index contributed by atoms with van der Waals surface area (Å²) in [6.07, 6.45) is 0.716. The van der Waals surface area contributed by atoms with Gasteiger partial charge in [-0.05, 0) is 31.2 Å². The summed E-state index contributed by atoms with van der Waals surface area (Å²) in [5.74, 6) is -0.611. The first-order valence-electron chi connectivity index (χ1n) is 6.05. The van der Waals surface area contributed by atoms with Crippen LogP contribution in [0.1, 0.15) is 16.8 Å². The van der Waals surface area contributed by atoms with Crippen LogP contribution in [0.2, 0.25) is 5.02 Å². The first-order valence-corrected chi connectivity index (χ1v) is 7.91. The predicted molar refractivity (Wildman–Crippen MR) is 74.4 cm³/mol. The zero-order chi connectivity index (χ0) is 14.8. The number of hydrogen-bond acceptors (Lipinski definition) is 5. The molecule has 0 spiro atoms. The number of carbonyl (C=O) groups excluding carboxylic acids is 1. The average molecular weight is 319 g/mol. The molecule has 1 aliphatic heterocycles. The van der Waals surface area contributed by atoms with Crippen LogP contribution in [0.4, 0.5) is 0 Å². The Kier molecular flexibility index (Phi) is 4.64. The number of benzene rings is 1. The summed E-state index contributed by atoms with van der Waals surface area (Å²) >= 11 is 5.93. The zero-order valence-corrected chi connectivity index (χ0v) is 12.4. The second-order valence-corrected chi connectivity index (χ2v) is 6.54. The van der Waals surface area contributed by atoms with Crippen LogP contribution < -0.4 is 10.0 Å². The Hall–Kier alpha value is -1.15. The Morgan fingerprint density at radius 1 is 1.50 bits per heavy atom. The molecule has 0 radical (unpaired) electrons. The maximum atomic E-state index is 12.3. The van der Waals surface area contributed by atoms with Crippen LogP contribution in [0.15, 0.2) is 23.1 Å². The third-order valence-corrected chi connectivity index (χ3v) is 5.03. The summed E-state index contributed by atoms with van der Waals surface area (Å²) < 4.78 is 31.7. The van der Waals surface area contributed by atoms with Gasteiger partial charge in [-0.25, -0.2) is 17.9 Å². The highest BCUT2D eigenvalue weighted by Gasteiger charge is 2.25. The fourth-order valence-corrected chi connectivity index (χ4v) is 3.79. The summed E-state index contributed by atoms with van der Waals surface area (Å²) in [5, 5.41) is 3.13. The van der Waals surface area contributed by atoms with E-state index in [1.54, 1.807) is 0 Å². The summed E-state index contributed by atoms with van der Waals surface area (Å²) in [7, 11) is -2.54. The van der Waals surface area contributed by atoms with Crippen molar-refractivity contribution in [1.29, 1.82) is 0 Å². The van der Waals surface area contributed by atoms with Crippen LogP contribution in [0.25, 0.3) is 0 Å². The molecule has 2 N–H and O–H groups in total. The van der Waals surface area contributed by atoms with E-state index in [1.165, 1.54) is 25.3 Å². The van der Waals surface area contributed by atoms with Crippen molar-refractivity contribution in [2.45, 2.75) is 17.4 Å². The van der Waals surface area contributed by atoms with Crippen LogP contribution in [-0.2, 0) is 14.8 Å². The van der Waals surface area contributed by atoms with Crippen molar-refractivity contribution >= 4 is 27.6 Å². The maximum Gasteiger partial charge on any atom is 0.337 e. The molecule has 0 aromatic heterocycles. The van der Waals surface area contributed by atoms with Gasteiger partial charge < -0.3 is 10.1 Å². The van der Waals surface area contributed by atoms with Gasteiger partial charge in [0.15, 0.2) is 0 Å². The number of carbonyl (C=O) groups is 1. The smallest absolute Gasteiger partial charge is 0.337 e. The molecule has 1 heterocycles. The van der Waals surface area contributed by atoms with E-state index in [0.29, 0.717) is 13.0 Å². The molecule has 1 fully saturated rings. The number of halogens is 1. The van der Waals surface area contributed by atoms with E-state index in [-0.39, 0.29) is 21.5 Å². The third kappa shape index (κ3) is 3.29. The van der Waals surface area contributed by atoms with Crippen LogP contribution in [0.3, 0.4) is 0 Å². The van der Waals surface area contributed by atoms with Crippen LogP contribution >= 0.6 is 11.6 Å². The molecule has 110 valence electrons. The van der Waals surface area contributed by atoms with Crippen LogP contribution in [0.5, 0.6) is 0 Å². The van der Waals surface area contributed by atoms with Crippen molar-refractivity contribution in [2.24, 2.45) is 0 Å². The second-order valence-electron chi connectivity index (χ2n) is 4.45. The quantitative estimate of drug-likeness (QED) is 0.801. The second kappa shape index (κ2) is 6.09. The van der Waals surface area contributed by atoms with Crippen LogP contribution in [-0.4, -0.2) is 40.6 Å². The normalized spacial score (nSPS) is 19.0. The Morgan fingerprint density at radius 3 is 2.85 bits per heavy atom. The van der Waals surface area contributed by atoms with Gasteiger partial charge in [-0.2, -0.15) is 0 Å². The standard InChI is InChI=1S/C12H15ClN2O4S/c1-19-12(16)8-2-3-10(13)11(6-8)20(17,18)15-9-4-5-14-7-9/h2-3,6,9,14-15H,4-5,7H2,1H3. The van der Waals surface area contributed by atoms with Gasteiger partial charge in [-0.15, -0.1) is 0 Å². The number of sulfonamides is 1. The fourth-order valence-electron chi connectivity index (χ4n) is 1.99. The monoisotopic (exact) mass is 318 g/mol. The molecule has 20 heavy (non-hydrogen) atoms. The fraction of sp³-hybridized carbons (Fsp3) is 0.417. The molecule has 0 saturated carbocycles. The topological polar surface area (TPSA) is 84.5 Å². The molecule has 0 bridgehead atoms. The van der Waals surface area contributed by atoms with Gasteiger partial charge >= 0.3 is 5.97 Å². The molecule has 2 rings (SSSR count). The molecule has 1 aromatic rings. The van der Waals surface area contributed by atoms with E-state index in [1.807, 2.05) is 0 Å². The number of rotatable bonds is 4. The highest BCUT2D eigenvalue weighted by Crippen LogP contribution is 2.23. The summed E-state index contributed by atoms with van der Waals surface area (Å²) in [6, 6.07) is 3.84. The largest absolute Gasteiger partial charge is 0.465 e. The summed E-state index contributed by atoms with van der Waals surface area (Å²) in [5.41, 5.74) is 0.141. The van der Waals surface area contributed by atoms with Gasteiger partial charge in [0, 0.05) is 12.6 Å². The highest BCUT2D eigenvalue weighted by molar-refractivity contribution is 7.89. The van der Waals surface area contributed by atoms with E-state index in [9.17, 15) is 13.2 Å². The highest BCUT2D eigenvalue weighted by atomic mass is 35.5. The molecule has 1 saturated heterocycles. The molecule has 6 nitrogen and oxygen atoms in total. The Balaban J connectivity index is 2.32. The van der Waals surface area contributed by atoms with Gasteiger partial charge in [0.05, 0.1) is 17.7 Å². The van der Waals surface area contributed by atoms with Crippen molar-refractivity contribution in [3.8, 4) is 0 Å². The third-order valence-electron chi connectivity index (χ3n) is 3.02. The number of ether oxygens (including phenoxy) is 1. The van der Waals surface area contributed by atoms with E-state index in [4.69, 9.17) is 11.6 Å². The first-order chi connectivity index (χ1) is 9.44. The van der Waals surface area contributed by atoms with Gasteiger partial charge in [0.25, 0.3) is 0 Å². The van der Waals surface area contributed by atoms with Gasteiger partial charge in [0.1, 0.15) is 4.90 Å². The minimum absolute atomic E-state index is 0.0658. The zero-order valence-electron chi connectivity index (χ0n) is 10.8. The summed E-state index contributed by atoms with van der Waals surface area (Å²) in [6.45, 7) is 1.34. The Labute approximate surface area is 122 Å². The SMILES string of the molecule is COC(=O)c1ccc(Cl)c(S(=O)(=O)NC2CCNC2)c1. The molecule has 0 amide bonds. The van der Waals surface area contributed by atoms with E-state index in [0.717, 1.165) is 6.54 Å². The van der Waals surface area contributed by atoms with Crippen molar-refractivity contribution < 1.29 is 17.9 Å². The number of hydrogen-bond donors (Lipinski definition) is 2. The number of methoxy groups -OCH3 is 1. The number of esters is 1. The lowest BCUT2D eigenvalue weighted by Crippen LogP contribution is -2.36. The van der Waals surface area contributed by atoms with Crippen molar-refractivity contribution in [3.05, 3.63) is 28.8 Å². The lowest BCUT2D eigenvalue weighted by Gasteiger charge is -2.13. The minimum Gasteiger partial charge on any atom is -0.465 e. The predicted octanol–water partition coefficient (Wildman–Crippen LogP) is 0.767. The number of nitrogens with one attached hydrogen (secondary N) is 2. The molecule has 1 aromatic carbocycles. The molecular weight excluding hydrogens is 304 g/mol. The molecule has 0 aliphatic carbocycles. The lowest BCUT2D eigenvalue weighted by atomic mass is 10.2. The van der Waals surface area contributed by atoms with Crippen molar-refractivity contribution in [2.75, 3.05) is 20.2 Å². The van der Waals surface area contributed by atoms with Crippen LogP contribution in [0, 0.1) is 0 Å². The lowest BCUT2D eigenvalue weighted by molar-refractivity contribution is 0.0600. The molecule has 1 unspecified atom stereocenters. The van der Waals surface area contributed by atoms with Gasteiger partial charge in [-0.3, -0.25) is 0 Å². The first kappa shape index (κ1) is 15.2. The average Bonchev–Trinajstić information content (AvgIpc) is 2.90. The molecule has 8 heteroatoms. The Bertz CT molecular complexity index is 612. The van der Waals surface area contributed by atoms with E-state index in [2.05, 4.69) is 14.8 Å².